The Morgan fingerprint density at radius 1 is 1.19 bits per heavy atom. The quantitative estimate of drug-likeness (QED) is 0.414. The molecule has 1 aromatic carbocycles. The molecule has 164 valence electrons. The van der Waals surface area contributed by atoms with Crippen molar-refractivity contribution in [3.05, 3.63) is 76.1 Å². The largest absolute Gasteiger partial charge is 0.376 e. The second-order valence-electron chi connectivity index (χ2n) is 7.87. The van der Waals surface area contributed by atoms with Crippen molar-refractivity contribution < 1.29 is 9.13 Å². The summed E-state index contributed by atoms with van der Waals surface area (Å²) in [7, 11) is 0. The number of halogens is 1. The van der Waals surface area contributed by atoms with E-state index in [9.17, 15) is 9.18 Å². The van der Waals surface area contributed by atoms with Gasteiger partial charge in [0.25, 0.3) is 5.56 Å². The van der Waals surface area contributed by atoms with Gasteiger partial charge in [-0.25, -0.2) is 9.37 Å². The average molecular weight is 452 g/mol. The lowest BCUT2D eigenvalue weighted by Crippen LogP contribution is -2.17. The van der Waals surface area contributed by atoms with Crippen molar-refractivity contribution in [3.8, 4) is 11.4 Å². The Kier molecular flexibility index (Phi) is 5.75. The molecule has 1 aliphatic rings. The van der Waals surface area contributed by atoms with Crippen LogP contribution in [0.15, 0.2) is 58.6 Å². The number of benzene rings is 1. The standard InChI is InChI=1S/C23H22FN5O2S/c1-15-4-9-20-25-18(11-21(30)28(20)12-15)14-32-23-27-26-22(16-5-7-17(24)8-6-16)29(23)13-19-3-2-10-31-19/h4-9,11-12,19H,2-3,10,13-14H2,1H3. The molecule has 0 bridgehead atoms. The topological polar surface area (TPSA) is 74.3 Å². The normalized spacial score (nSPS) is 16.1. The van der Waals surface area contributed by atoms with Crippen LogP contribution in [-0.4, -0.2) is 36.9 Å². The summed E-state index contributed by atoms with van der Waals surface area (Å²) in [6.07, 6.45) is 3.89. The Balaban J connectivity index is 1.44. The zero-order chi connectivity index (χ0) is 22.1. The van der Waals surface area contributed by atoms with Crippen molar-refractivity contribution in [3.63, 3.8) is 0 Å². The molecule has 0 aliphatic carbocycles. The summed E-state index contributed by atoms with van der Waals surface area (Å²) in [6, 6.07) is 11.6. The maximum absolute atomic E-state index is 13.4. The van der Waals surface area contributed by atoms with E-state index in [0.717, 1.165) is 30.6 Å². The lowest BCUT2D eigenvalue weighted by molar-refractivity contribution is 0.0953. The molecule has 0 amide bonds. The van der Waals surface area contributed by atoms with Crippen molar-refractivity contribution in [2.24, 2.45) is 0 Å². The Bertz CT molecular complexity index is 1310. The second kappa shape index (κ2) is 8.84. The molecule has 0 N–H and O–H groups in total. The van der Waals surface area contributed by atoms with Gasteiger partial charge < -0.3 is 4.74 Å². The first-order chi connectivity index (χ1) is 15.6. The highest BCUT2D eigenvalue weighted by Crippen LogP contribution is 2.28. The lowest BCUT2D eigenvalue weighted by atomic mass is 10.2. The van der Waals surface area contributed by atoms with Crippen molar-refractivity contribution in [1.82, 2.24) is 24.1 Å². The lowest BCUT2D eigenvalue weighted by Gasteiger charge is -2.14. The van der Waals surface area contributed by atoms with Crippen LogP contribution in [0.3, 0.4) is 0 Å². The Morgan fingerprint density at radius 3 is 2.81 bits per heavy atom. The summed E-state index contributed by atoms with van der Waals surface area (Å²) in [5.41, 5.74) is 2.98. The number of nitrogens with zero attached hydrogens (tertiary/aromatic N) is 5. The van der Waals surface area contributed by atoms with Crippen LogP contribution in [0.25, 0.3) is 17.0 Å². The van der Waals surface area contributed by atoms with Gasteiger partial charge in [0, 0.05) is 30.2 Å². The van der Waals surface area contributed by atoms with Crippen LogP contribution in [0.5, 0.6) is 0 Å². The molecule has 1 aliphatic heterocycles. The highest BCUT2D eigenvalue weighted by Gasteiger charge is 2.22. The third-order valence-electron chi connectivity index (χ3n) is 5.44. The zero-order valence-corrected chi connectivity index (χ0v) is 18.4. The number of hydrogen-bond donors (Lipinski definition) is 0. The molecule has 7 nitrogen and oxygen atoms in total. The smallest absolute Gasteiger partial charge is 0.258 e. The third-order valence-corrected chi connectivity index (χ3v) is 6.44. The first kappa shape index (κ1) is 20.8. The van der Waals surface area contributed by atoms with Crippen LogP contribution in [0.4, 0.5) is 4.39 Å². The highest BCUT2D eigenvalue weighted by atomic mass is 32.2. The van der Waals surface area contributed by atoms with Gasteiger partial charge in [0.2, 0.25) is 0 Å². The van der Waals surface area contributed by atoms with Crippen LogP contribution < -0.4 is 5.56 Å². The number of aryl methyl sites for hydroxylation is 1. The van der Waals surface area contributed by atoms with Gasteiger partial charge in [-0.2, -0.15) is 0 Å². The molecule has 0 saturated carbocycles. The Hall–Kier alpha value is -3.04. The van der Waals surface area contributed by atoms with E-state index in [1.54, 1.807) is 28.8 Å². The molecule has 1 saturated heterocycles. The molecule has 4 aromatic rings. The molecule has 9 heteroatoms. The van der Waals surface area contributed by atoms with Gasteiger partial charge in [-0.3, -0.25) is 13.8 Å². The Morgan fingerprint density at radius 2 is 2.03 bits per heavy atom. The first-order valence-electron chi connectivity index (χ1n) is 10.5. The van der Waals surface area contributed by atoms with Gasteiger partial charge >= 0.3 is 0 Å². The number of ether oxygens (including phenoxy) is 1. The molecule has 4 heterocycles. The van der Waals surface area contributed by atoms with Gasteiger partial charge in [0.05, 0.1) is 18.3 Å². The maximum atomic E-state index is 13.4. The number of hydrogen-bond acceptors (Lipinski definition) is 6. The minimum atomic E-state index is -0.294. The zero-order valence-electron chi connectivity index (χ0n) is 17.6. The summed E-state index contributed by atoms with van der Waals surface area (Å²) in [5, 5.41) is 9.47. The van der Waals surface area contributed by atoms with Crippen LogP contribution in [0.1, 0.15) is 24.1 Å². The van der Waals surface area contributed by atoms with Crippen molar-refractivity contribution in [1.29, 1.82) is 0 Å². The van der Waals surface area contributed by atoms with Crippen molar-refractivity contribution >= 4 is 17.4 Å². The first-order valence-corrected chi connectivity index (χ1v) is 11.5. The molecule has 0 radical (unpaired) electrons. The summed E-state index contributed by atoms with van der Waals surface area (Å²) < 4.78 is 22.8. The minimum absolute atomic E-state index is 0.0937. The van der Waals surface area contributed by atoms with Crippen molar-refractivity contribution in [2.45, 2.75) is 43.3 Å². The van der Waals surface area contributed by atoms with Gasteiger partial charge in [-0.05, 0) is 55.7 Å². The van der Waals surface area contributed by atoms with Gasteiger partial charge in [-0.15, -0.1) is 10.2 Å². The SMILES string of the molecule is Cc1ccc2nc(CSc3nnc(-c4ccc(F)cc4)n3CC3CCCO3)cc(=O)n2c1. The summed E-state index contributed by atoms with van der Waals surface area (Å²) in [4.78, 5) is 17.1. The van der Waals surface area contributed by atoms with Gasteiger partial charge in [0.1, 0.15) is 11.5 Å². The van der Waals surface area contributed by atoms with Crippen LogP contribution in [0.2, 0.25) is 0 Å². The molecule has 32 heavy (non-hydrogen) atoms. The molecule has 3 aromatic heterocycles. The molecule has 0 spiro atoms. The van der Waals surface area contributed by atoms with Gasteiger partial charge in [0.15, 0.2) is 11.0 Å². The third kappa shape index (κ3) is 4.31. The molecular weight excluding hydrogens is 429 g/mol. The van der Waals surface area contributed by atoms with E-state index in [2.05, 4.69) is 15.2 Å². The van der Waals surface area contributed by atoms with Crippen molar-refractivity contribution in [2.75, 3.05) is 6.61 Å². The molecular formula is C23H22FN5O2S. The molecule has 1 fully saturated rings. The summed E-state index contributed by atoms with van der Waals surface area (Å²) in [6.45, 7) is 3.32. The van der Waals surface area contributed by atoms with E-state index < -0.39 is 0 Å². The molecule has 1 unspecified atom stereocenters. The number of pyridine rings is 1. The second-order valence-corrected chi connectivity index (χ2v) is 8.81. The summed E-state index contributed by atoms with van der Waals surface area (Å²) in [5.74, 6) is 0.856. The van der Waals surface area contributed by atoms with Gasteiger partial charge in [-0.1, -0.05) is 17.8 Å². The van der Waals surface area contributed by atoms with E-state index in [1.165, 1.54) is 23.9 Å². The predicted octanol–water partition coefficient (Wildman–Crippen LogP) is 3.87. The van der Waals surface area contributed by atoms with E-state index >= 15 is 0 Å². The maximum Gasteiger partial charge on any atom is 0.258 e. The number of rotatable bonds is 6. The summed E-state index contributed by atoms with van der Waals surface area (Å²) >= 11 is 1.47. The fourth-order valence-corrected chi connectivity index (χ4v) is 4.68. The van der Waals surface area contributed by atoms with E-state index in [1.807, 2.05) is 23.6 Å². The van der Waals surface area contributed by atoms with E-state index in [4.69, 9.17) is 4.74 Å². The van der Waals surface area contributed by atoms with Crippen LogP contribution in [-0.2, 0) is 17.0 Å². The highest BCUT2D eigenvalue weighted by molar-refractivity contribution is 7.98. The van der Waals surface area contributed by atoms with E-state index in [-0.39, 0.29) is 17.5 Å². The minimum Gasteiger partial charge on any atom is -0.376 e. The molecule has 5 rings (SSSR count). The average Bonchev–Trinajstić information content (AvgIpc) is 3.44. The monoisotopic (exact) mass is 451 g/mol. The predicted molar refractivity (Wildman–Crippen MR) is 120 cm³/mol. The number of fused-ring (bicyclic) bond motifs is 1. The number of thioether (sulfide) groups is 1. The fraction of sp³-hybridized carbons (Fsp3) is 0.304. The fourth-order valence-electron chi connectivity index (χ4n) is 3.84. The molecule has 1 atom stereocenters. The van der Waals surface area contributed by atoms with Crippen LogP contribution in [0, 0.1) is 12.7 Å². The Labute approximate surface area is 188 Å². The van der Waals surface area contributed by atoms with E-state index in [0.29, 0.717) is 34.6 Å². The van der Waals surface area contributed by atoms with Crippen LogP contribution >= 0.6 is 11.8 Å². The number of aromatic nitrogens is 5.